The standard InChI is InChI=1S/C24H33ClN2O2/c1-16-13-17(7-5-8-19(14-16)27-23(28)29-24(2,3)4)15-18-10-11-21(25)22-20(18)9-6-12-26-22/h6,9-12,16-17,19H,5,7-8,13-15H2,1-4H3,(H,27,28)/t16-,17?,19+/m1/s1. The Kier molecular flexibility index (Phi) is 7.05. The van der Waals surface area contributed by atoms with Gasteiger partial charge in [0.1, 0.15) is 5.60 Å². The summed E-state index contributed by atoms with van der Waals surface area (Å²) >= 11 is 6.33. The predicted molar refractivity (Wildman–Crippen MR) is 119 cm³/mol. The van der Waals surface area contributed by atoms with Crippen LogP contribution < -0.4 is 5.32 Å². The highest BCUT2D eigenvalue weighted by Gasteiger charge is 2.25. The molecular formula is C24H33ClN2O2. The molecule has 1 fully saturated rings. The molecule has 3 rings (SSSR count). The lowest BCUT2D eigenvalue weighted by molar-refractivity contribution is 0.0489. The molecule has 158 valence electrons. The number of benzene rings is 1. The molecule has 1 aliphatic rings. The molecule has 1 aliphatic carbocycles. The Bertz CT molecular complexity index is 846. The Morgan fingerprint density at radius 1 is 1.24 bits per heavy atom. The highest BCUT2D eigenvalue weighted by atomic mass is 35.5. The summed E-state index contributed by atoms with van der Waals surface area (Å²) in [6, 6.07) is 8.43. The minimum atomic E-state index is -0.460. The molecule has 3 atom stereocenters. The zero-order chi connectivity index (χ0) is 21.0. The zero-order valence-corrected chi connectivity index (χ0v) is 18.8. The average Bonchev–Trinajstić information content (AvgIpc) is 2.61. The molecule has 2 aromatic rings. The van der Waals surface area contributed by atoms with Crippen molar-refractivity contribution < 1.29 is 9.53 Å². The maximum atomic E-state index is 12.1. The Hall–Kier alpha value is -1.81. The molecule has 0 spiro atoms. The van der Waals surface area contributed by atoms with E-state index in [0.29, 0.717) is 16.9 Å². The van der Waals surface area contributed by atoms with Crippen molar-refractivity contribution in [2.24, 2.45) is 11.8 Å². The number of ether oxygens (including phenoxy) is 1. The molecule has 1 aromatic heterocycles. The summed E-state index contributed by atoms with van der Waals surface area (Å²) in [7, 11) is 0. The lowest BCUT2D eigenvalue weighted by atomic mass is 9.80. The summed E-state index contributed by atoms with van der Waals surface area (Å²) in [5.41, 5.74) is 1.77. The first kappa shape index (κ1) is 21.9. The van der Waals surface area contributed by atoms with E-state index in [1.54, 1.807) is 6.20 Å². The van der Waals surface area contributed by atoms with Crippen LogP contribution in [0.4, 0.5) is 4.79 Å². The molecule has 5 heteroatoms. The topological polar surface area (TPSA) is 51.2 Å². The minimum Gasteiger partial charge on any atom is -0.444 e. The van der Waals surface area contributed by atoms with E-state index in [1.807, 2.05) is 32.9 Å². The molecule has 4 nitrogen and oxygen atoms in total. The van der Waals surface area contributed by atoms with Gasteiger partial charge in [-0.25, -0.2) is 4.79 Å². The van der Waals surface area contributed by atoms with Crippen LogP contribution in [0.1, 0.15) is 65.4 Å². The van der Waals surface area contributed by atoms with Crippen molar-refractivity contribution in [2.75, 3.05) is 0 Å². The van der Waals surface area contributed by atoms with Crippen LogP contribution in [0.3, 0.4) is 0 Å². The van der Waals surface area contributed by atoms with Gasteiger partial charge in [0.05, 0.1) is 10.5 Å². The van der Waals surface area contributed by atoms with Gasteiger partial charge >= 0.3 is 6.09 Å². The Morgan fingerprint density at radius 3 is 2.79 bits per heavy atom. The molecular weight excluding hydrogens is 384 g/mol. The molecule has 0 radical (unpaired) electrons. The number of hydrogen-bond acceptors (Lipinski definition) is 3. The minimum absolute atomic E-state index is 0.196. The number of rotatable bonds is 3. The van der Waals surface area contributed by atoms with Gasteiger partial charge in [-0.05, 0) is 76.0 Å². The van der Waals surface area contributed by atoms with Crippen LogP contribution in [0.15, 0.2) is 30.5 Å². The summed E-state index contributed by atoms with van der Waals surface area (Å²) in [6.45, 7) is 7.99. The maximum absolute atomic E-state index is 12.1. The number of halogens is 1. The first-order chi connectivity index (χ1) is 13.7. The third kappa shape index (κ3) is 6.33. The van der Waals surface area contributed by atoms with Crippen LogP contribution in [-0.2, 0) is 11.2 Å². The van der Waals surface area contributed by atoms with Gasteiger partial charge in [0, 0.05) is 17.6 Å². The van der Waals surface area contributed by atoms with E-state index in [2.05, 4.69) is 29.4 Å². The van der Waals surface area contributed by atoms with Gasteiger partial charge in [0.2, 0.25) is 0 Å². The number of pyridine rings is 1. The van der Waals surface area contributed by atoms with E-state index in [4.69, 9.17) is 16.3 Å². The van der Waals surface area contributed by atoms with E-state index < -0.39 is 5.60 Å². The number of carbonyl (C=O) groups excluding carboxylic acids is 1. The fraction of sp³-hybridized carbons (Fsp3) is 0.583. The zero-order valence-electron chi connectivity index (χ0n) is 18.0. The van der Waals surface area contributed by atoms with E-state index in [-0.39, 0.29) is 12.1 Å². The van der Waals surface area contributed by atoms with Gasteiger partial charge in [-0.1, -0.05) is 43.5 Å². The molecule has 0 aliphatic heterocycles. The molecule has 1 aromatic carbocycles. The SMILES string of the molecule is C[C@@H]1CC(Cc2ccc(Cl)c3ncccc23)CCC[C@H](NC(=O)OC(C)(C)C)C1. The number of nitrogens with one attached hydrogen (secondary N) is 1. The third-order valence-corrected chi connectivity index (χ3v) is 5.93. The van der Waals surface area contributed by atoms with Crippen molar-refractivity contribution in [3.63, 3.8) is 0 Å². The highest BCUT2D eigenvalue weighted by Crippen LogP contribution is 2.32. The van der Waals surface area contributed by atoms with Crippen LogP contribution in [0.2, 0.25) is 5.02 Å². The van der Waals surface area contributed by atoms with Crippen molar-refractivity contribution in [3.8, 4) is 0 Å². The van der Waals surface area contributed by atoms with Crippen molar-refractivity contribution >= 4 is 28.6 Å². The monoisotopic (exact) mass is 416 g/mol. The third-order valence-electron chi connectivity index (χ3n) is 5.63. The van der Waals surface area contributed by atoms with Crippen molar-refractivity contribution in [1.29, 1.82) is 0 Å². The smallest absolute Gasteiger partial charge is 0.407 e. The van der Waals surface area contributed by atoms with Gasteiger partial charge in [0.15, 0.2) is 0 Å². The van der Waals surface area contributed by atoms with Crippen LogP contribution >= 0.6 is 11.6 Å². The van der Waals surface area contributed by atoms with E-state index in [0.717, 1.165) is 37.6 Å². The van der Waals surface area contributed by atoms with Crippen molar-refractivity contribution in [3.05, 3.63) is 41.0 Å². The first-order valence-corrected chi connectivity index (χ1v) is 11.1. The second-order valence-electron chi connectivity index (χ2n) is 9.53. The predicted octanol–water partition coefficient (Wildman–Crippen LogP) is 6.54. The van der Waals surface area contributed by atoms with Crippen molar-refractivity contribution in [2.45, 2.75) is 77.9 Å². The number of nitrogens with zero attached hydrogens (tertiary/aromatic N) is 1. The summed E-state index contributed by atoms with van der Waals surface area (Å²) < 4.78 is 5.43. The van der Waals surface area contributed by atoms with Gasteiger partial charge in [-0.3, -0.25) is 4.98 Å². The molecule has 1 unspecified atom stereocenters. The number of fused-ring (bicyclic) bond motifs is 1. The summed E-state index contributed by atoms with van der Waals surface area (Å²) in [6.07, 6.45) is 8.00. The van der Waals surface area contributed by atoms with Gasteiger partial charge in [-0.15, -0.1) is 0 Å². The molecule has 0 saturated heterocycles. The molecule has 1 saturated carbocycles. The Morgan fingerprint density at radius 2 is 2.03 bits per heavy atom. The normalized spacial score (nSPS) is 23.3. The molecule has 1 amide bonds. The quantitative estimate of drug-likeness (QED) is 0.617. The summed E-state index contributed by atoms with van der Waals surface area (Å²) in [4.78, 5) is 16.6. The van der Waals surface area contributed by atoms with Crippen molar-refractivity contribution in [1.82, 2.24) is 10.3 Å². The average molecular weight is 417 g/mol. The van der Waals surface area contributed by atoms with Gasteiger partial charge < -0.3 is 10.1 Å². The Balaban J connectivity index is 1.62. The summed E-state index contributed by atoms with van der Waals surface area (Å²) in [5.74, 6) is 1.19. The molecule has 1 heterocycles. The molecule has 1 N–H and O–H groups in total. The lowest BCUT2D eigenvalue weighted by Crippen LogP contribution is -2.40. The molecule has 0 bridgehead atoms. The van der Waals surface area contributed by atoms with E-state index in [9.17, 15) is 4.79 Å². The number of alkyl carbamates (subject to hydrolysis) is 1. The number of aromatic nitrogens is 1. The molecule has 29 heavy (non-hydrogen) atoms. The first-order valence-electron chi connectivity index (χ1n) is 10.7. The van der Waals surface area contributed by atoms with Gasteiger partial charge in [0.25, 0.3) is 0 Å². The second kappa shape index (κ2) is 9.34. The van der Waals surface area contributed by atoms with Gasteiger partial charge in [-0.2, -0.15) is 0 Å². The number of carbonyl (C=O) groups is 1. The fourth-order valence-corrected chi connectivity index (χ4v) is 4.73. The van der Waals surface area contributed by atoms with Crippen LogP contribution in [0.5, 0.6) is 0 Å². The van der Waals surface area contributed by atoms with Crippen LogP contribution in [0, 0.1) is 11.8 Å². The number of amides is 1. The Labute approximate surface area is 179 Å². The number of hydrogen-bond donors (Lipinski definition) is 1. The highest BCUT2D eigenvalue weighted by molar-refractivity contribution is 6.35. The maximum Gasteiger partial charge on any atom is 0.407 e. The van der Waals surface area contributed by atoms with Crippen LogP contribution in [0.25, 0.3) is 10.9 Å². The lowest BCUT2D eigenvalue weighted by Gasteiger charge is -2.30. The fourth-order valence-electron chi connectivity index (χ4n) is 4.52. The van der Waals surface area contributed by atoms with E-state index >= 15 is 0 Å². The van der Waals surface area contributed by atoms with Crippen LogP contribution in [-0.4, -0.2) is 22.7 Å². The largest absolute Gasteiger partial charge is 0.444 e. The summed E-state index contributed by atoms with van der Waals surface area (Å²) in [5, 5.41) is 4.96. The van der Waals surface area contributed by atoms with E-state index in [1.165, 1.54) is 17.4 Å². The second-order valence-corrected chi connectivity index (χ2v) is 9.93.